The first-order valence-electron chi connectivity index (χ1n) is 31.5. The normalized spacial score (nSPS) is 10.6. The summed E-state index contributed by atoms with van der Waals surface area (Å²) in [6, 6.07) is 73.8. The molecule has 0 fully saturated rings. The van der Waals surface area contributed by atoms with Crippen molar-refractivity contribution < 1.29 is 0 Å². The van der Waals surface area contributed by atoms with Crippen LogP contribution in [0.25, 0.3) is 174 Å². The topological polar surface area (TPSA) is 230 Å². The number of nitrogens with zero attached hydrogens (tertiary/aromatic N) is 18. The number of nitriles is 6. The van der Waals surface area contributed by atoms with Crippen LogP contribution < -0.4 is 0 Å². The lowest BCUT2D eigenvalue weighted by Crippen LogP contribution is -2.04. The maximum atomic E-state index is 10.7. The van der Waals surface area contributed by atoms with Gasteiger partial charge in [0.05, 0.1) is 132 Å². The van der Waals surface area contributed by atoms with Crippen LogP contribution in [-0.4, -0.2) is 29.1 Å². The van der Waals surface area contributed by atoms with Crippen LogP contribution in [0.3, 0.4) is 0 Å². The number of hydrogen-bond acceptors (Lipinski definition) is 10. The van der Waals surface area contributed by atoms with Gasteiger partial charge in [-0.1, -0.05) is 103 Å². The zero-order chi connectivity index (χ0) is 71.9. The number of fused-ring (bicyclic) bond motifs is 6. The van der Waals surface area contributed by atoms with Crippen LogP contribution in [0.5, 0.6) is 0 Å². The number of hydrogen-bond donors (Lipinski definition) is 0. The zero-order valence-electron chi connectivity index (χ0n) is 53.8. The van der Waals surface area contributed by atoms with Gasteiger partial charge in [0.25, 0.3) is 0 Å². The summed E-state index contributed by atoms with van der Waals surface area (Å²) in [7, 11) is 0. The van der Waals surface area contributed by atoms with Crippen molar-refractivity contribution in [1.29, 1.82) is 31.6 Å². The summed E-state index contributed by atoms with van der Waals surface area (Å²) in [5, 5.41) is 65.1. The molecule has 0 bridgehead atoms. The lowest BCUT2D eigenvalue weighted by molar-refractivity contribution is 1.07. The van der Waals surface area contributed by atoms with Crippen molar-refractivity contribution in [2.24, 2.45) is 0 Å². The van der Waals surface area contributed by atoms with Crippen molar-refractivity contribution in [1.82, 2.24) is 29.1 Å². The van der Waals surface area contributed by atoms with Gasteiger partial charge in [-0.3, -0.25) is 4.98 Å². The Balaban J connectivity index is 1.06. The van der Waals surface area contributed by atoms with Crippen LogP contribution in [-0.2, 0) is 0 Å². The van der Waals surface area contributed by atoms with E-state index in [9.17, 15) is 31.6 Å². The van der Waals surface area contributed by atoms with Gasteiger partial charge in [-0.2, -0.15) is 31.6 Å². The third kappa shape index (κ3) is 10.5. The monoisotopic (exact) mass is 1320 g/mol. The summed E-state index contributed by atoms with van der Waals surface area (Å²) in [4.78, 5) is 42.6. The van der Waals surface area contributed by atoms with Gasteiger partial charge < -0.3 is 9.13 Å². The molecular weight excluding hydrogens is 1290 g/mol. The van der Waals surface area contributed by atoms with Crippen LogP contribution in [0.4, 0.5) is 34.1 Å². The van der Waals surface area contributed by atoms with Gasteiger partial charge in [-0.25, -0.2) is 44.0 Å². The molecule has 18 nitrogen and oxygen atoms in total. The molecule has 0 spiro atoms. The minimum Gasteiger partial charge on any atom is -0.309 e. The summed E-state index contributed by atoms with van der Waals surface area (Å²) in [6.07, 6.45) is 3.42. The third-order valence-electron chi connectivity index (χ3n) is 18.1. The fourth-order valence-electron chi connectivity index (χ4n) is 13.7. The van der Waals surface area contributed by atoms with Gasteiger partial charge in [0.15, 0.2) is 51.6 Å². The maximum Gasteiger partial charge on any atom is 0.197 e. The standard InChI is InChI=1S/C86H36N18/c1-93-62-33-59(45-90)80(60(34-62)46-91)53-18-23-74-66(36-53)67-38-55(82-61(47-92)35-63(94-2)41-73(82)98-6)19-24-75(67)103(74)78-40-57(86-101-84(51-13-9-7-10-14-51)100-85(102-86)52-15-11-8-12-16-52)17-22-64(78)65-27-28-99-48-79(65)104-76-25-20-54(81-58(44-89)29-49(42-87)30-70(81)95-3)37-68(76)69-39-56(21-26-77(69)104)83-71(96-4)31-50(43-88)32-72(83)97-5/h7-41,48H. The molecule has 0 saturated carbocycles. The molecule has 104 heavy (non-hydrogen) atoms. The molecule has 4 aromatic heterocycles. The lowest BCUT2D eigenvalue weighted by Gasteiger charge is -2.19. The Morgan fingerprint density at radius 1 is 0.298 bits per heavy atom. The van der Waals surface area contributed by atoms with E-state index in [1.165, 1.54) is 48.5 Å². The average Bonchev–Trinajstić information content (AvgIpc) is 1.56. The van der Waals surface area contributed by atoms with Crippen LogP contribution >= 0.6 is 0 Å². The predicted molar refractivity (Wildman–Crippen MR) is 396 cm³/mol. The highest BCUT2D eigenvalue weighted by Gasteiger charge is 2.27. The molecule has 0 aliphatic rings. The molecule has 0 saturated heterocycles. The van der Waals surface area contributed by atoms with Crippen LogP contribution in [0.2, 0.25) is 0 Å². The molecule has 18 heteroatoms. The van der Waals surface area contributed by atoms with E-state index in [2.05, 4.69) is 70.1 Å². The summed E-state index contributed by atoms with van der Waals surface area (Å²) < 4.78 is 4.11. The molecule has 4 heterocycles. The second-order valence-corrected chi connectivity index (χ2v) is 23.7. The molecular formula is C86H36N18. The van der Waals surface area contributed by atoms with E-state index in [0.29, 0.717) is 134 Å². The van der Waals surface area contributed by atoms with E-state index in [0.717, 1.165) is 11.1 Å². The van der Waals surface area contributed by atoms with Crippen molar-refractivity contribution >= 4 is 77.7 Å². The maximum absolute atomic E-state index is 10.7. The summed E-state index contributed by atoms with van der Waals surface area (Å²) in [5.74, 6) is 1.14. The van der Waals surface area contributed by atoms with Crippen molar-refractivity contribution in [3.05, 3.63) is 321 Å². The van der Waals surface area contributed by atoms with Crippen LogP contribution in [0.15, 0.2) is 219 Å². The van der Waals surface area contributed by atoms with Crippen molar-refractivity contribution in [3.63, 3.8) is 0 Å². The van der Waals surface area contributed by atoms with Gasteiger partial charge in [-0.15, -0.1) is 0 Å². The Morgan fingerprint density at radius 2 is 0.663 bits per heavy atom. The summed E-state index contributed by atoms with van der Waals surface area (Å²) >= 11 is 0. The Morgan fingerprint density at radius 3 is 1.11 bits per heavy atom. The number of benzene rings is 11. The molecule has 0 aliphatic carbocycles. The SMILES string of the molecule is [C-]#[N+]c1cc(C#N)c(-c2ccc3c(c2)c2cc(-c4c(C#N)cc([N+]#[C-])cc4[N+]#[C-])ccc2n3-c2cc(-c3nc(-c4ccccc4)nc(-c4ccccc4)n3)ccc2-c2ccncc2-n2c3ccc(-c4c(C#N)cc(C#N)cc4[N+]#[C-])cc3c3cc(-c4c([N+]#[C-])cc(C#N)cc4[N+]#[C-])ccc32)c(C#N)c1. The largest absolute Gasteiger partial charge is 0.309 e. The molecule has 0 atom stereocenters. The first-order valence-corrected chi connectivity index (χ1v) is 31.5. The van der Waals surface area contributed by atoms with Gasteiger partial charge in [0, 0.05) is 88.9 Å². The first-order chi connectivity index (χ1) is 51.0. The van der Waals surface area contributed by atoms with Gasteiger partial charge in [-0.05, 0) is 131 Å². The van der Waals surface area contributed by atoms with Gasteiger partial charge >= 0.3 is 0 Å². The van der Waals surface area contributed by atoms with Crippen LogP contribution in [0.1, 0.15) is 33.4 Å². The summed E-state index contributed by atoms with van der Waals surface area (Å²) in [5.41, 5.74) is 11.4. The van der Waals surface area contributed by atoms with Crippen molar-refractivity contribution in [3.8, 4) is 138 Å². The lowest BCUT2D eigenvalue weighted by atomic mass is 9.93. The van der Waals surface area contributed by atoms with Crippen molar-refractivity contribution in [2.75, 3.05) is 0 Å². The number of aromatic nitrogens is 6. The number of pyridine rings is 1. The Kier molecular flexibility index (Phi) is 15.7. The van der Waals surface area contributed by atoms with E-state index in [1.807, 2.05) is 156 Å². The Hall–Kier alpha value is -16.9. The zero-order valence-corrected chi connectivity index (χ0v) is 53.8. The molecule has 0 unspecified atom stereocenters. The third-order valence-corrected chi connectivity index (χ3v) is 18.1. The fraction of sp³-hybridized carbons (Fsp3) is 0. The van der Waals surface area contributed by atoms with E-state index in [1.54, 1.807) is 18.5 Å². The fourth-order valence-corrected chi connectivity index (χ4v) is 13.7. The highest BCUT2D eigenvalue weighted by molar-refractivity contribution is 6.15. The second kappa shape index (κ2) is 25.9. The highest BCUT2D eigenvalue weighted by atomic mass is 15.0. The quantitative estimate of drug-likeness (QED) is 0.118. The van der Waals surface area contributed by atoms with E-state index in [4.69, 9.17) is 59.4 Å². The molecule has 15 rings (SSSR count). The minimum atomic E-state index is 0.0839. The molecule has 0 radical (unpaired) electrons. The molecule has 0 aliphatic heterocycles. The van der Waals surface area contributed by atoms with E-state index in [-0.39, 0.29) is 67.5 Å². The Labute approximate surface area is 593 Å². The van der Waals surface area contributed by atoms with E-state index < -0.39 is 0 Å². The first kappa shape index (κ1) is 63.1. The molecule has 15 aromatic rings. The van der Waals surface area contributed by atoms with E-state index >= 15 is 0 Å². The average molecular weight is 1320 g/mol. The molecule has 11 aromatic carbocycles. The molecule has 0 amide bonds. The second-order valence-electron chi connectivity index (χ2n) is 23.7. The molecule has 0 N–H and O–H groups in total. The van der Waals surface area contributed by atoms with Gasteiger partial charge in [0.1, 0.15) is 0 Å². The smallest absolute Gasteiger partial charge is 0.197 e. The van der Waals surface area contributed by atoms with Crippen LogP contribution in [0, 0.1) is 107 Å². The minimum absolute atomic E-state index is 0.0839. The highest BCUT2D eigenvalue weighted by Crippen LogP contribution is 2.49. The van der Waals surface area contributed by atoms with Gasteiger partial charge in [0.2, 0.25) is 0 Å². The molecule has 470 valence electrons. The Bertz CT molecular complexity index is 6390. The summed E-state index contributed by atoms with van der Waals surface area (Å²) in [6.45, 7) is 48.8. The predicted octanol–water partition coefficient (Wildman–Crippen LogP) is 21.3. The number of rotatable bonds is 10. The van der Waals surface area contributed by atoms with Crippen molar-refractivity contribution in [2.45, 2.75) is 0 Å².